The van der Waals surface area contributed by atoms with Gasteiger partial charge in [0.05, 0.1) is 17.0 Å². The van der Waals surface area contributed by atoms with Crippen LogP contribution in [0.1, 0.15) is 38.2 Å². The van der Waals surface area contributed by atoms with E-state index in [0.29, 0.717) is 20.6 Å². The van der Waals surface area contributed by atoms with Crippen molar-refractivity contribution in [1.82, 2.24) is 10.2 Å². The van der Waals surface area contributed by atoms with Crippen LogP contribution in [0.4, 0.5) is 5.69 Å². The summed E-state index contributed by atoms with van der Waals surface area (Å²) in [5.74, 6) is -0.928. The van der Waals surface area contributed by atoms with E-state index in [1.54, 1.807) is 25.1 Å². The van der Waals surface area contributed by atoms with E-state index in [0.717, 1.165) is 36.2 Å². The fraction of sp³-hybridized carbons (Fsp3) is 0.417. The summed E-state index contributed by atoms with van der Waals surface area (Å²) in [5.41, 5.74) is 0.662. The van der Waals surface area contributed by atoms with E-state index in [9.17, 15) is 18.0 Å². The Labute approximate surface area is 231 Å². The first-order chi connectivity index (χ1) is 16.9. The van der Waals surface area contributed by atoms with E-state index in [2.05, 4.69) is 5.32 Å². The van der Waals surface area contributed by atoms with E-state index in [1.165, 1.54) is 23.1 Å². The molecular weight excluding hydrogens is 568 g/mol. The van der Waals surface area contributed by atoms with Crippen LogP contribution in [0.25, 0.3) is 0 Å². The SMILES string of the molecule is CC(C(=O)NC1CCCC1)N(Cc1ccc(Cl)cc1Cl)C(=O)CN(c1ccc(Cl)cc1Cl)S(C)(=O)=O. The van der Waals surface area contributed by atoms with Crippen LogP contribution >= 0.6 is 46.4 Å². The predicted octanol–water partition coefficient (Wildman–Crippen LogP) is 5.54. The minimum atomic E-state index is -3.92. The number of rotatable bonds is 9. The smallest absolute Gasteiger partial charge is 0.244 e. The van der Waals surface area contributed by atoms with Crippen LogP contribution in [0.3, 0.4) is 0 Å². The van der Waals surface area contributed by atoms with Gasteiger partial charge in [-0.1, -0.05) is 65.3 Å². The summed E-state index contributed by atoms with van der Waals surface area (Å²) in [4.78, 5) is 28.0. The monoisotopic (exact) mass is 593 g/mol. The Bertz CT molecular complexity index is 1240. The molecule has 0 radical (unpaired) electrons. The van der Waals surface area contributed by atoms with Crippen molar-refractivity contribution in [3.05, 3.63) is 62.1 Å². The number of nitrogens with one attached hydrogen (secondary N) is 1. The average molecular weight is 595 g/mol. The summed E-state index contributed by atoms with van der Waals surface area (Å²) in [5, 5.41) is 4.14. The molecule has 0 spiro atoms. The van der Waals surface area contributed by atoms with Gasteiger partial charge in [0.15, 0.2) is 0 Å². The largest absolute Gasteiger partial charge is 0.352 e. The number of carbonyl (C=O) groups is 2. The van der Waals surface area contributed by atoms with E-state index in [1.807, 2.05) is 0 Å². The molecule has 1 saturated carbocycles. The first kappa shape index (κ1) is 28.9. The lowest BCUT2D eigenvalue weighted by Gasteiger charge is -2.32. The zero-order valence-corrected chi connectivity index (χ0v) is 23.6. The van der Waals surface area contributed by atoms with Gasteiger partial charge in [0.1, 0.15) is 12.6 Å². The molecule has 36 heavy (non-hydrogen) atoms. The Balaban J connectivity index is 1.93. The molecule has 1 N–H and O–H groups in total. The molecule has 3 rings (SSSR count). The number of halogens is 4. The third kappa shape index (κ3) is 7.42. The number of carbonyl (C=O) groups excluding carboxylic acids is 2. The maximum absolute atomic E-state index is 13.6. The van der Waals surface area contributed by atoms with Gasteiger partial charge in [-0.15, -0.1) is 0 Å². The molecular formula is C24H27Cl4N3O4S. The fourth-order valence-corrected chi connectivity index (χ4v) is 5.98. The highest BCUT2D eigenvalue weighted by Gasteiger charge is 2.32. The lowest BCUT2D eigenvalue weighted by atomic mass is 10.1. The highest BCUT2D eigenvalue weighted by Crippen LogP contribution is 2.31. The third-order valence-electron chi connectivity index (χ3n) is 6.08. The van der Waals surface area contributed by atoms with Crippen molar-refractivity contribution in [2.24, 2.45) is 0 Å². The second-order valence-corrected chi connectivity index (χ2v) is 12.4. The van der Waals surface area contributed by atoms with Crippen molar-refractivity contribution >= 4 is 73.9 Å². The number of nitrogens with zero attached hydrogens (tertiary/aromatic N) is 2. The van der Waals surface area contributed by atoms with Gasteiger partial charge in [-0.05, 0) is 55.7 Å². The maximum Gasteiger partial charge on any atom is 0.244 e. The normalized spacial score (nSPS) is 14.9. The third-order valence-corrected chi connectivity index (χ3v) is 8.33. The zero-order valence-electron chi connectivity index (χ0n) is 19.8. The van der Waals surface area contributed by atoms with E-state index < -0.39 is 28.5 Å². The molecule has 2 aromatic rings. The molecule has 1 atom stereocenters. The van der Waals surface area contributed by atoms with Crippen molar-refractivity contribution in [3.63, 3.8) is 0 Å². The van der Waals surface area contributed by atoms with Gasteiger partial charge < -0.3 is 10.2 Å². The van der Waals surface area contributed by atoms with Gasteiger partial charge in [0, 0.05) is 27.7 Å². The van der Waals surface area contributed by atoms with Gasteiger partial charge in [-0.3, -0.25) is 13.9 Å². The highest BCUT2D eigenvalue weighted by molar-refractivity contribution is 7.92. The molecule has 0 aromatic heterocycles. The second-order valence-electron chi connectivity index (χ2n) is 8.79. The lowest BCUT2D eigenvalue weighted by molar-refractivity contribution is -0.139. The number of amides is 2. The van der Waals surface area contributed by atoms with E-state index in [-0.39, 0.29) is 29.2 Å². The van der Waals surface area contributed by atoms with E-state index in [4.69, 9.17) is 46.4 Å². The number of hydrogen-bond acceptors (Lipinski definition) is 4. The van der Waals surface area contributed by atoms with Crippen LogP contribution < -0.4 is 9.62 Å². The zero-order chi connectivity index (χ0) is 26.6. The van der Waals surface area contributed by atoms with E-state index >= 15 is 0 Å². The molecule has 7 nitrogen and oxygen atoms in total. The molecule has 12 heteroatoms. The first-order valence-electron chi connectivity index (χ1n) is 11.3. The van der Waals surface area contributed by atoms with Crippen molar-refractivity contribution < 1.29 is 18.0 Å². The molecule has 1 fully saturated rings. The molecule has 1 unspecified atom stereocenters. The molecule has 0 heterocycles. The van der Waals surface area contributed by atoms with Crippen molar-refractivity contribution in [1.29, 1.82) is 0 Å². The predicted molar refractivity (Wildman–Crippen MR) is 146 cm³/mol. The van der Waals surface area contributed by atoms with Gasteiger partial charge in [0.25, 0.3) is 0 Å². The molecule has 0 aliphatic heterocycles. The van der Waals surface area contributed by atoms with Gasteiger partial charge in [-0.25, -0.2) is 8.42 Å². The minimum absolute atomic E-state index is 0.0277. The molecule has 2 amide bonds. The Kier molecular flexibility index (Phi) is 9.80. The molecule has 1 aliphatic carbocycles. The number of benzene rings is 2. The van der Waals surface area contributed by atoms with Crippen LogP contribution in [0.15, 0.2) is 36.4 Å². The average Bonchev–Trinajstić information content (AvgIpc) is 3.29. The van der Waals surface area contributed by atoms with Gasteiger partial charge in [0.2, 0.25) is 21.8 Å². The Morgan fingerprint density at radius 1 is 1.00 bits per heavy atom. The van der Waals surface area contributed by atoms with Crippen LogP contribution in [0, 0.1) is 0 Å². The second kappa shape index (κ2) is 12.2. The van der Waals surface area contributed by atoms with Crippen molar-refractivity contribution in [2.75, 3.05) is 17.1 Å². The van der Waals surface area contributed by atoms with Gasteiger partial charge >= 0.3 is 0 Å². The first-order valence-corrected chi connectivity index (χ1v) is 14.7. The van der Waals surface area contributed by atoms with Crippen LogP contribution in [0.2, 0.25) is 20.1 Å². The Morgan fingerprint density at radius 3 is 2.14 bits per heavy atom. The summed E-state index contributed by atoms with van der Waals surface area (Å²) in [7, 11) is -3.92. The number of hydrogen-bond donors (Lipinski definition) is 1. The molecule has 196 valence electrons. The van der Waals surface area contributed by atoms with Crippen molar-refractivity contribution in [2.45, 2.75) is 51.2 Å². The summed E-state index contributed by atoms with van der Waals surface area (Å²) in [6.45, 7) is 0.999. The Hall–Kier alpha value is -1.71. The lowest BCUT2D eigenvalue weighted by Crippen LogP contribution is -2.52. The summed E-state index contributed by atoms with van der Waals surface area (Å²) < 4.78 is 26.2. The summed E-state index contributed by atoms with van der Waals surface area (Å²) in [6, 6.07) is 8.29. The van der Waals surface area contributed by atoms with Crippen LogP contribution in [-0.4, -0.2) is 50.0 Å². The molecule has 2 aromatic carbocycles. The van der Waals surface area contributed by atoms with Crippen LogP contribution in [-0.2, 0) is 26.2 Å². The van der Waals surface area contributed by atoms with Gasteiger partial charge in [-0.2, -0.15) is 0 Å². The van der Waals surface area contributed by atoms with Crippen LogP contribution in [0.5, 0.6) is 0 Å². The molecule has 0 saturated heterocycles. The number of anilines is 1. The molecule has 0 bridgehead atoms. The van der Waals surface area contributed by atoms with Crippen molar-refractivity contribution in [3.8, 4) is 0 Å². The quantitative estimate of drug-likeness (QED) is 0.413. The number of sulfonamides is 1. The maximum atomic E-state index is 13.6. The summed E-state index contributed by atoms with van der Waals surface area (Å²) >= 11 is 24.6. The Morgan fingerprint density at radius 2 is 1.58 bits per heavy atom. The topological polar surface area (TPSA) is 86.8 Å². The summed E-state index contributed by atoms with van der Waals surface area (Å²) in [6.07, 6.45) is 4.81. The minimum Gasteiger partial charge on any atom is -0.352 e. The molecule has 1 aliphatic rings. The highest BCUT2D eigenvalue weighted by atomic mass is 35.5. The standard InChI is InChI=1S/C24H27Cl4N3O4S/c1-15(24(33)29-19-5-3-4-6-19)30(13-16-7-8-17(25)11-20(16)27)23(32)14-31(36(2,34)35)22-10-9-18(26)12-21(22)28/h7-12,15,19H,3-6,13-14H2,1-2H3,(H,29,33). The fourth-order valence-electron chi connectivity index (χ4n) is 4.09.